The van der Waals surface area contributed by atoms with Gasteiger partial charge in [0.25, 0.3) is 0 Å². The zero-order valence-corrected chi connectivity index (χ0v) is 18.2. The fourth-order valence-corrected chi connectivity index (χ4v) is 5.81. The van der Waals surface area contributed by atoms with Crippen LogP contribution in [0.15, 0.2) is 43.1 Å². The molecule has 3 aromatic rings. The van der Waals surface area contributed by atoms with E-state index in [1.54, 1.807) is 25.8 Å². The van der Waals surface area contributed by atoms with Gasteiger partial charge in [0, 0.05) is 45.3 Å². The molecule has 30 heavy (non-hydrogen) atoms. The highest BCUT2D eigenvalue weighted by Crippen LogP contribution is 2.32. The van der Waals surface area contributed by atoms with Crippen molar-refractivity contribution in [3.8, 4) is 0 Å². The molecular weight excluding hydrogens is 400 g/mol. The lowest BCUT2D eigenvalue weighted by Crippen LogP contribution is -2.38. The Balaban J connectivity index is 1.34. The molecule has 0 atom stereocenters. The normalized spacial score (nSPS) is 20.0. The lowest BCUT2D eigenvalue weighted by atomic mass is 9.86. The second kappa shape index (κ2) is 8.69. The zero-order valence-electron chi connectivity index (χ0n) is 17.4. The van der Waals surface area contributed by atoms with Crippen molar-refractivity contribution in [1.82, 2.24) is 24.2 Å². The molecule has 1 fully saturated rings. The van der Waals surface area contributed by atoms with E-state index in [1.807, 2.05) is 24.4 Å². The highest BCUT2D eigenvalue weighted by molar-refractivity contribution is 7.89. The van der Waals surface area contributed by atoms with E-state index >= 15 is 0 Å². The Labute approximate surface area is 177 Å². The largest absolute Gasteiger partial charge is 0.356 e. The number of nitrogens with zero attached hydrogens (tertiary/aromatic N) is 5. The third-order valence-electron chi connectivity index (χ3n) is 6.08. The van der Waals surface area contributed by atoms with Crippen LogP contribution in [0.25, 0.3) is 11.0 Å². The molecule has 1 aliphatic rings. The van der Waals surface area contributed by atoms with Crippen LogP contribution in [-0.2, 0) is 16.6 Å². The Kier molecular flexibility index (Phi) is 6.01. The van der Waals surface area contributed by atoms with Gasteiger partial charge in [0.05, 0.1) is 11.1 Å². The average molecular weight is 429 g/mol. The predicted molar refractivity (Wildman–Crippen MR) is 118 cm³/mol. The minimum absolute atomic E-state index is 0.189. The first-order chi connectivity index (χ1) is 14.4. The monoisotopic (exact) mass is 428 g/mol. The van der Waals surface area contributed by atoms with Gasteiger partial charge >= 0.3 is 0 Å². The lowest BCUT2D eigenvalue weighted by Gasteiger charge is -2.35. The fraction of sp³-hybridized carbons (Fsp3) is 0.476. The number of H-pyrrole nitrogens is 1. The van der Waals surface area contributed by atoms with Crippen molar-refractivity contribution in [1.29, 1.82) is 0 Å². The standard InChI is InChI=1S/C21H28N6O2S/c1-26(13-17-4-3-10-22-12-17)30(28,29)14-16-5-7-18(8-6-16)27(2)21-19-9-11-23-20(19)24-15-25-21/h3-4,9-12,15-16,18H,5-8,13-14H2,1-2H3,(H,23,24,25)/t16-,18-. The molecule has 1 N–H and O–H groups in total. The summed E-state index contributed by atoms with van der Waals surface area (Å²) in [6.07, 6.45) is 10.6. The predicted octanol–water partition coefficient (Wildman–Crippen LogP) is 2.81. The van der Waals surface area contributed by atoms with E-state index < -0.39 is 10.0 Å². The Hall–Kier alpha value is -2.52. The molecule has 0 saturated heterocycles. The lowest BCUT2D eigenvalue weighted by molar-refractivity contribution is 0.335. The van der Waals surface area contributed by atoms with Crippen molar-refractivity contribution in [3.63, 3.8) is 0 Å². The summed E-state index contributed by atoms with van der Waals surface area (Å²) in [4.78, 5) is 18.2. The Morgan fingerprint density at radius 1 is 1.13 bits per heavy atom. The number of aromatic amines is 1. The van der Waals surface area contributed by atoms with E-state index in [-0.39, 0.29) is 11.7 Å². The number of rotatable bonds is 7. The summed E-state index contributed by atoms with van der Waals surface area (Å²) in [5, 5.41) is 1.02. The fourth-order valence-electron chi connectivity index (χ4n) is 4.28. The third kappa shape index (κ3) is 4.46. The summed E-state index contributed by atoms with van der Waals surface area (Å²) in [7, 11) is 0.417. The number of hydrogen-bond acceptors (Lipinski definition) is 6. The molecule has 3 aromatic heterocycles. The highest BCUT2D eigenvalue weighted by atomic mass is 32.2. The first-order valence-electron chi connectivity index (χ1n) is 10.3. The average Bonchev–Trinajstić information content (AvgIpc) is 3.23. The molecule has 1 aliphatic carbocycles. The van der Waals surface area contributed by atoms with Crippen LogP contribution in [0, 0.1) is 5.92 Å². The van der Waals surface area contributed by atoms with Crippen molar-refractivity contribution in [2.75, 3.05) is 24.7 Å². The first-order valence-corrected chi connectivity index (χ1v) is 11.9. The van der Waals surface area contributed by atoms with Crippen LogP contribution < -0.4 is 4.90 Å². The minimum Gasteiger partial charge on any atom is -0.356 e. The van der Waals surface area contributed by atoms with Gasteiger partial charge in [0.1, 0.15) is 17.8 Å². The van der Waals surface area contributed by atoms with Crippen molar-refractivity contribution < 1.29 is 8.42 Å². The van der Waals surface area contributed by atoms with Crippen molar-refractivity contribution in [2.45, 2.75) is 38.3 Å². The van der Waals surface area contributed by atoms with Gasteiger partial charge in [-0.15, -0.1) is 0 Å². The smallest absolute Gasteiger partial charge is 0.214 e. The highest BCUT2D eigenvalue weighted by Gasteiger charge is 2.30. The summed E-state index contributed by atoms with van der Waals surface area (Å²) in [6.45, 7) is 0.356. The zero-order chi connectivity index (χ0) is 21.1. The topological polar surface area (TPSA) is 95.1 Å². The van der Waals surface area contributed by atoms with Crippen LogP contribution >= 0.6 is 0 Å². The summed E-state index contributed by atoms with van der Waals surface area (Å²) >= 11 is 0. The Morgan fingerprint density at radius 2 is 1.93 bits per heavy atom. The SMILES string of the molecule is CN(Cc1cccnc1)S(=O)(=O)C[C@H]1CC[C@H](N(C)c2ncnc3[nH]ccc23)CC1. The molecule has 0 unspecified atom stereocenters. The molecule has 160 valence electrons. The van der Waals surface area contributed by atoms with Gasteiger partial charge in [-0.2, -0.15) is 0 Å². The number of fused-ring (bicyclic) bond motifs is 1. The van der Waals surface area contributed by atoms with Gasteiger partial charge < -0.3 is 9.88 Å². The quantitative estimate of drug-likeness (QED) is 0.622. The van der Waals surface area contributed by atoms with Gasteiger partial charge in [-0.1, -0.05) is 6.07 Å². The number of hydrogen-bond donors (Lipinski definition) is 1. The Bertz CT molecular complexity index is 1080. The molecule has 3 heterocycles. The van der Waals surface area contributed by atoms with Crippen LogP contribution in [0.5, 0.6) is 0 Å². The van der Waals surface area contributed by atoms with Crippen LogP contribution in [-0.4, -0.2) is 58.5 Å². The van der Waals surface area contributed by atoms with Gasteiger partial charge in [0.15, 0.2) is 0 Å². The van der Waals surface area contributed by atoms with E-state index in [0.29, 0.717) is 12.6 Å². The number of aromatic nitrogens is 4. The molecule has 8 nitrogen and oxygen atoms in total. The van der Waals surface area contributed by atoms with Gasteiger partial charge in [-0.25, -0.2) is 22.7 Å². The molecule has 0 aliphatic heterocycles. The second-order valence-corrected chi connectivity index (χ2v) is 10.2. The molecule has 0 aromatic carbocycles. The van der Waals surface area contributed by atoms with E-state index in [4.69, 9.17) is 0 Å². The maximum absolute atomic E-state index is 12.8. The van der Waals surface area contributed by atoms with Crippen LogP contribution in [0.1, 0.15) is 31.2 Å². The molecule has 0 radical (unpaired) electrons. The molecule has 1 saturated carbocycles. The van der Waals surface area contributed by atoms with E-state index in [0.717, 1.165) is 48.1 Å². The molecule has 9 heteroatoms. The van der Waals surface area contributed by atoms with Gasteiger partial charge in [-0.3, -0.25) is 4.98 Å². The molecule has 0 bridgehead atoms. The summed E-state index contributed by atoms with van der Waals surface area (Å²) in [6, 6.07) is 6.07. The van der Waals surface area contributed by atoms with E-state index in [9.17, 15) is 8.42 Å². The number of pyridine rings is 1. The second-order valence-electron chi connectivity index (χ2n) is 8.12. The number of nitrogens with one attached hydrogen (secondary N) is 1. The number of anilines is 1. The maximum Gasteiger partial charge on any atom is 0.214 e. The summed E-state index contributed by atoms with van der Waals surface area (Å²) in [5.41, 5.74) is 1.73. The van der Waals surface area contributed by atoms with Crippen molar-refractivity contribution in [2.24, 2.45) is 5.92 Å². The summed E-state index contributed by atoms with van der Waals surface area (Å²) in [5.74, 6) is 1.32. The maximum atomic E-state index is 12.8. The minimum atomic E-state index is -3.30. The van der Waals surface area contributed by atoms with Crippen LogP contribution in [0.2, 0.25) is 0 Å². The third-order valence-corrected chi connectivity index (χ3v) is 8.05. The first kappa shape index (κ1) is 20.7. The van der Waals surface area contributed by atoms with Crippen LogP contribution in [0.4, 0.5) is 5.82 Å². The number of sulfonamides is 1. The summed E-state index contributed by atoms with van der Waals surface area (Å²) < 4.78 is 27.1. The van der Waals surface area contributed by atoms with Crippen molar-refractivity contribution >= 4 is 26.9 Å². The van der Waals surface area contributed by atoms with Crippen LogP contribution in [0.3, 0.4) is 0 Å². The van der Waals surface area contributed by atoms with E-state index in [2.05, 4.69) is 31.9 Å². The Morgan fingerprint density at radius 3 is 2.67 bits per heavy atom. The van der Waals surface area contributed by atoms with E-state index in [1.165, 1.54) is 4.31 Å². The molecule has 0 amide bonds. The van der Waals surface area contributed by atoms with Gasteiger partial charge in [0.2, 0.25) is 10.0 Å². The molecule has 0 spiro atoms. The molecule has 4 rings (SSSR count). The van der Waals surface area contributed by atoms with Gasteiger partial charge in [-0.05, 0) is 49.3 Å². The van der Waals surface area contributed by atoms with Crippen molar-refractivity contribution in [3.05, 3.63) is 48.7 Å². The molecular formula is C21H28N6O2S.